The second-order valence-corrected chi connectivity index (χ2v) is 6.96. The summed E-state index contributed by atoms with van der Waals surface area (Å²) < 4.78 is 16.4. The molecule has 6 N–H and O–H groups in total. The van der Waals surface area contributed by atoms with Crippen molar-refractivity contribution in [3.05, 3.63) is 41.8 Å². The molecule has 3 aromatic rings. The van der Waals surface area contributed by atoms with Crippen molar-refractivity contribution in [2.45, 2.75) is 45.8 Å². The number of hydrogen-bond acceptors (Lipinski definition) is 6. The third kappa shape index (κ3) is 4.29. The Balaban J connectivity index is 1.98. The number of nitrogens with one attached hydrogen (secondary N) is 2. The highest BCUT2D eigenvalue weighted by atomic mass is 19.1. The Morgan fingerprint density at radius 2 is 2.03 bits per heavy atom. The minimum Gasteiger partial charge on any atom is -0.365 e. The zero-order valence-corrected chi connectivity index (χ0v) is 16.7. The molecule has 0 saturated heterocycles. The van der Waals surface area contributed by atoms with Gasteiger partial charge in [0, 0.05) is 29.7 Å². The summed E-state index contributed by atoms with van der Waals surface area (Å²) in [5.41, 5.74) is 13.0. The van der Waals surface area contributed by atoms with Gasteiger partial charge in [0.05, 0.1) is 17.3 Å². The lowest BCUT2D eigenvalue weighted by Crippen LogP contribution is -2.38. The van der Waals surface area contributed by atoms with Crippen LogP contribution in [0.5, 0.6) is 0 Å². The van der Waals surface area contributed by atoms with Gasteiger partial charge in [0.2, 0.25) is 0 Å². The van der Waals surface area contributed by atoms with Crippen LogP contribution in [0.1, 0.15) is 37.6 Å². The fourth-order valence-corrected chi connectivity index (χ4v) is 3.21. The first-order chi connectivity index (χ1) is 13.8. The molecule has 9 heteroatoms. The number of hydrogen-bond donors (Lipinski definition) is 4. The number of benzene rings is 1. The van der Waals surface area contributed by atoms with Crippen molar-refractivity contribution >= 4 is 34.1 Å². The maximum Gasteiger partial charge on any atom is 0.252 e. The summed E-state index contributed by atoms with van der Waals surface area (Å²) in [6, 6.07) is 6.36. The van der Waals surface area contributed by atoms with E-state index in [1.807, 2.05) is 43.7 Å². The van der Waals surface area contributed by atoms with E-state index in [4.69, 9.17) is 11.5 Å². The van der Waals surface area contributed by atoms with Crippen LogP contribution in [0.4, 0.5) is 21.7 Å². The molecule has 1 amide bonds. The van der Waals surface area contributed by atoms with Crippen LogP contribution >= 0.6 is 0 Å². The van der Waals surface area contributed by atoms with Crippen molar-refractivity contribution in [1.29, 1.82) is 0 Å². The molecule has 2 atom stereocenters. The summed E-state index contributed by atoms with van der Waals surface area (Å²) in [5.74, 6) is -1.25. The van der Waals surface area contributed by atoms with Crippen LogP contribution in [-0.4, -0.2) is 32.8 Å². The molecule has 0 aliphatic rings. The lowest BCUT2D eigenvalue weighted by Gasteiger charge is -2.22. The lowest BCUT2D eigenvalue weighted by molar-refractivity contribution is 0.100. The molecule has 0 aliphatic heterocycles. The van der Waals surface area contributed by atoms with Crippen LogP contribution in [0.2, 0.25) is 0 Å². The molecular formula is C20H26FN7O. The number of rotatable bonds is 8. The molecule has 2 aromatic heterocycles. The topological polar surface area (TPSA) is 124 Å². The number of carbonyl (C=O) groups is 1. The first kappa shape index (κ1) is 20.5. The number of carbonyl (C=O) groups excluding carboxylic acids is 1. The summed E-state index contributed by atoms with van der Waals surface area (Å²) in [4.78, 5) is 16.1. The third-order valence-electron chi connectivity index (χ3n) is 4.84. The normalized spacial score (nSPS) is 13.3. The average molecular weight is 399 g/mol. The molecule has 0 aliphatic carbocycles. The molecule has 29 heavy (non-hydrogen) atoms. The van der Waals surface area contributed by atoms with E-state index in [2.05, 4.69) is 20.7 Å². The van der Waals surface area contributed by atoms with Crippen LogP contribution in [0.15, 0.2) is 30.5 Å². The molecule has 8 nitrogen and oxygen atoms in total. The van der Waals surface area contributed by atoms with Crippen LogP contribution in [0.25, 0.3) is 10.9 Å². The van der Waals surface area contributed by atoms with E-state index < -0.39 is 11.7 Å². The predicted octanol–water partition coefficient (Wildman–Crippen LogP) is 2.97. The number of nitrogens with two attached hydrogens (primary N) is 2. The summed E-state index contributed by atoms with van der Waals surface area (Å²) in [6.07, 6.45) is 2.45. The zero-order valence-electron chi connectivity index (χ0n) is 16.7. The van der Waals surface area contributed by atoms with Crippen molar-refractivity contribution in [3.8, 4) is 0 Å². The largest absolute Gasteiger partial charge is 0.365 e. The minimum absolute atomic E-state index is 0.0153. The molecule has 0 fully saturated rings. The van der Waals surface area contributed by atoms with E-state index in [1.54, 1.807) is 6.20 Å². The van der Waals surface area contributed by atoms with Crippen LogP contribution in [0, 0.1) is 5.82 Å². The Bertz CT molecular complexity index is 1030. The fraction of sp³-hybridized carbons (Fsp3) is 0.350. The highest BCUT2D eigenvalue weighted by molar-refractivity contribution is 5.99. The number of nitrogens with zero attached hydrogens (tertiary/aromatic N) is 3. The first-order valence-electron chi connectivity index (χ1n) is 9.59. The smallest absolute Gasteiger partial charge is 0.252 e. The summed E-state index contributed by atoms with van der Waals surface area (Å²) in [5, 5.41) is 11.3. The van der Waals surface area contributed by atoms with Gasteiger partial charge in [-0.15, -0.1) is 0 Å². The van der Waals surface area contributed by atoms with Crippen molar-refractivity contribution in [2.75, 3.05) is 10.6 Å². The van der Waals surface area contributed by atoms with E-state index in [1.165, 1.54) is 0 Å². The van der Waals surface area contributed by atoms with E-state index in [0.717, 1.165) is 23.5 Å². The van der Waals surface area contributed by atoms with Crippen molar-refractivity contribution in [1.82, 2.24) is 14.8 Å². The second-order valence-electron chi connectivity index (χ2n) is 6.96. The van der Waals surface area contributed by atoms with Crippen LogP contribution < -0.4 is 22.1 Å². The van der Waals surface area contributed by atoms with E-state index in [-0.39, 0.29) is 29.3 Å². The Morgan fingerprint density at radius 1 is 1.28 bits per heavy atom. The summed E-state index contributed by atoms with van der Waals surface area (Å²) in [6.45, 7) is 6.55. The second kappa shape index (κ2) is 8.44. The minimum atomic E-state index is -0.774. The standard InChI is InChI=1S/C20H26FN7O/c1-4-16(11(3)22)26-20-15(21)9-14(18(23)29)19(27-20)25-13-6-7-17-12(8-13)10-24-28(17)5-2/h6-11,16H,4-5,22H2,1-3H3,(H2,23,29)(H2,25,26,27)/t11-,16+/m0/s1. The van der Waals surface area contributed by atoms with Crippen molar-refractivity contribution in [3.63, 3.8) is 0 Å². The molecule has 0 spiro atoms. The quantitative estimate of drug-likeness (QED) is 0.462. The third-order valence-corrected chi connectivity index (χ3v) is 4.84. The summed E-state index contributed by atoms with van der Waals surface area (Å²) >= 11 is 0. The van der Waals surface area contributed by atoms with Crippen LogP contribution in [0.3, 0.4) is 0 Å². The van der Waals surface area contributed by atoms with Gasteiger partial charge < -0.3 is 22.1 Å². The number of fused-ring (bicyclic) bond motifs is 1. The van der Waals surface area contributed by atoms with Gasteiger partial charge in [-0.3, -0.25) is 9.48 Å². The molecule has 154 valence electrons. The first-order valence-corrected chi connectivity index (χ1v) is 9.59. The Morgan fingerprint density at radius 3 is 2.66 bits per heavy atom. The van der Waals surface area contributed by atoms with E-state index >= 15 is 0 Å². The lowest BCUT2D eigenvalue weighted by atomic mass is 10.1. The number of aryl methyl sites for hydroxylation is 1. The highest BCUT2D eigenvalue weighted by Crippen LogP contribution is 2.26. The zero-order chi connectivity index (χ0) is 21.1. The number of pyridine rings is 1. The fourth-order valence-electron chi connectivity index (χ4n) is 3.21. The Kier molecular flexibility index (Phi) is 5.97. The molecule has 0 unspecified atom stereocenters. The number of aromatic nitrogens is 3. The van der Waals surface area contributed by atoms with Gasteiger partial charge in [0.15, 0.2) is 11.6 Å². The van der Waals surface area contributed by atoms with Gasteiger partial charge in [0.25, 0.3) is 5.91 Å². The Hall–Kier alpha value is -3.20. The van der Waals surface area contributed by atoms with Crippen molar-refractivity contribution in [2.24, 2.45) is 11.5 Å². The average Bonchev–Trinajstić information content (AvgIpc) is 3.09. The predicted molar refractivity (Wildman–Crippen MR) is 113 cm³/mol. The van der Waals surface area contributed by atoms with Crippen molar-refractivity contribution < 1.29 is 9.18 Å². The van der Waals surface area contributed by atoms with Gasteiger partial charge in [-0.1, -0.05) is 6.92 Å². The molecular weight excluding hydrogens is 373 g/mol. The maximum atomic E-state index is 14.5. The molecule has 0 bridgehead atoms. The SMILES string of the molecule is CC[C@@H](Nc1nc(Nc2ccc3c(cnn3CC)c2)c(C(N)=O)cc1F)[C@H](C)N. The number of halogens is 1. The number of primary amides is 1. The highest BCUT2D eigenvalue weighted by Gasteiger charge is 2.19. The number of amides is 1. The monoisotopic (exact) mass is 399 g/mol. The van der Waals surface area contributed by atoms with Gasteiger partial charge in [-0.2, -0.15) is 5.10 Å². The van der Waals surface area contributed by atoms with Crippen LogP contribution in [-0.2, 0) is 6.54 Å². The number of anilines is 3. The Labute approximate surface area is 168 Å². The van der Waals surface area contributed by atoms with E-state index in [0.29, 0.717) is 12.1 Å². The molecule has 1 aromatic carbocycles. The molecule has 2 heterocycles. The summed E-state index contributed by atoms with van der Waals surface area (Å²) in [7, 11) is 0. The molecule has 0 radical (unpaired) electrons. The van der Waals surface area contributed by atoms with Gasteiger partial charge in [-0.25, -0.2) is 9.37 Å². The molecule has 0 saturated carbocycles. The maximum absolute atomic E-state index is 14.5. The van der Waals surface area contributed by atoms with Gasteiger partial charge >= 0.3 is 0 Å². The van der Waals surface area contributed by atoms with E-state index in [9.17, 15) is 9.18 Å². The van der Waals surface area contributed by atoms with Gasteiger partial charge in [-0.05, 0) is 44.5 Å². The van der Waals surface area contributed by atoms with Gasteiger partial charge in [0.1, 0.15) is 5.82 Å². The molecule has 3 rings (SSSR count).